The van der Waals surface area contributed by atoms with Crippen LogP contribution in [0.4, 0.5) is 0 Å². The Kier molecular flexibility index (Phi) is 4.27. The molecule has 22 heavy (non-hydrogen) atoms. The van der Waals surface area contributed by atoms with Crippen LogP contribution in [0.15, 0.2) is 6.20 Å². The standard InChI is InChI=1S/C16H24N2O3S/c1-15(2,3)8-13-17-9-12(22-13)14(19)18-5-7-21-16(10-18)4-6-20-11-16/h9H,4-8,10-11H2,1-3H3. The van der Waals surface area contributed by atoms with Gasteiger partial charge in [0.2, 0.25) is 0 Å². The van der Waals surface area contributed by atoms with Gasteiger partial charge in [0.1, 0.15) is 10.5 Å². The molecule has 1 atom stereocenters. The minimum atomic E-state index is -0.285. The van der Waals surface area contributed by atoms with Gasteiger partial charge in [-0.05, 0) is 5.41 Å². The van der Waals surface area contributed by atoms with E-state index in [1.165, 1.54) is 11.3 Å². The van der Waals surface area contributed by atoms with E-state index in [-0.39, 0.29) is 16.9 Å². The Morgan fingerprint density at radius 3 is 2.95 bits per heavy atom. The van der Waals surface area contributed by atoms with Gasteiger partial charge < -0.3 is 14.4 Å². The lowest BCUT2D eigenvalue weighted by Crippen LogP contribution is -2.54. The van der Waals surface area contributed by atoms with E-state index in [2.05, 4.69) is 25.8 Å². The molecular formula is C16H24N2O3S. The lowest BCUT2D eigenvalue weighted by Gasteiger charge is -2.39. The number of carbonyl (C=O) groups is 1. The van der Waals surface area contributed by atoms with E-state index >= 15 is 0 Å². The molecule has 5 nitrogen and oxygen atoms in total. The summed E-state index contributed by atoms with van der Waals surface area (Å²) in [4.78, 5) is 19.8. The Morgan fingerprint density at radius 1 is 1.45 bits per heavy atom. The Bertz CT molecular complexity index is 544. The summed E-state index contributed by atoms with van der Waals surface area (Å²) in [7, 11) is 0. The molecular weight excluding hydrogens is 300 g/mol. The van der Waals surface area contributed by atoms with Crippen molar-refractivity contribution >= 4 is 17.2 Å². The molecule has 0 N–H and O–H groups in total. The van der Waals surface area contributed by atoms with E-state index in [4.69, 9.17) is 9.47 Å². The molecule has 0 aromatic carbocycles. The van der Waals surface area contributed by atoms with Crippen LogP contribution in [-0.4, -0.2) is 54.3 Å². The molecule has 2 fully saturated rings. The first kappa shape index (κ1) is 15.9. The summed E-state index contributed by atoms with van der Waals surface area (Å²) in [6.07, 6.45) is 3.49. The van der Waals surface area contributed by atoms with Gasteiger partial charge in [-0.1, -0.05) is 20.8 Å². The van der Waals surface area contributed by atoms with Crippen molar-refractivity contribution in [3.63, 3.8) is 0 Å². The van der Waals surface area contributed by atoms with Crippen LogP contribution in [0.3, 0.4) is 0 Å². The number of amides is 1. The van der Waals surface area contributed by atoms with Crippen LogP contribution in [-0.2, 0) is 15.9 Å². The van der Waals surface area contributed by atoms with Crippen molar-refractivity contribution in [1.29, 1.82) is 0 Å². The maximum atomic E-state index is 12.7. The van der Waals surface area contributed by atoms with E-state index in [1.54, 1.807) is 6.20 Å². The van der Waals surface area contributed by atoms with Gasteiger partial charge in [-0.2, -0.15) is 0 Å². The molecule has 1 aromatic rings. The van der Waals surface area contributed by atoms with Crippen LogP contribution in [0.2, 0.25) is 0 Å². The summed E-state index contributed by atoms with van der Waals surface area (Å²) in [5, 5.41) is 1.03. The molecule has 0 saturated carbocycles. The Hall–Kier alpha value is -0.980. The summed E-state index contributed by atoms with van der Waals surface area (Å²) in [5.74, 6) is 0.0761. The Balaban J connectivity index is 1.68. The highest BCUT2D eigenvalue weighted by atomic mass is 32.1. The topological polar surface area (TPSA) is 51.7 Å². The molecule has 3 rings (SSSR count). The fourth-order valence-corrected chi connectivity index (χ4v) is 4.13. The zero-order chi connectivity index (χ0) is 15.8. The summed E-state index contributed by atoms with van der Waals surface area (Å²) >= 11 is 1.52. The molecule has 1 aromatic heterocycles. The molecule has 0 aliphatic carbocycles. The van der Waals surface area contributed by atoms with Crippen molar-refractivity contribution in [2.75, 3.05) is 32.9 Å². The van der Waals surface area contributed by atoms with Crippen LogP contribution in [0.5, 0.6) is 0 Å². The number of hydrogen-bond acceptors (Lipinski definition) is 5. The summed E-state index contributed by atoms with van der Waals surface area (Å²) in [6, 6.07) is 0. The number of hydrogen-bond donors (Lipinski definition) is 0. The average molecular weight is 324 g/mol. The Labute approximate surface area is 135 Å². The average Bonchev–Trinajstić information content (AvgIpc) is 3.06. The van der Waals surface area contributed by atoms with E-state index in [0.29, 0.717) is 26.3 Å². The third-order valence-electron chi connectivity index (χ3n) is 4.05. The normalized spacial score (nSPS) is 25.9. The van der Waals surface area contributed by atoms with Crippen LogP contribution >= 0.6 is 11.3 Å². The van der Waals surface area contributed by atoms with Gasteiger partial charge in [-0.3, -0.25) is 4.79 Å². The minimum absolute atomic E-state index is 0.0761. The maximum absolute atomic E-state index is 12.7. The molecule has 1 amide bonds. The van der Waals surface area contributed by atoms with Gasteiger partial charge in [0.15, 0.2) is 0 Å². The van der Waals surface area contributed by atoms with E-state index in [0.717, 1.165) is 29.3 Å². The Morgan fingerprint density at radius 2 is 2.27 bits per heavy atom. The summed E-state index contributed by atoms with van der Waals surface area (Å²) < 4.78 is 11.3. The highest BCUT2D eigenvalue weighted by molar-refractivity contribution is 7.13. The van der Waals surface area contributed by atoms with Gasteiger partial charge in [-0.25, -0.2) is 4.98 Å². The van der Waals surface area contributed by atoms with Gasteiger partial charge >= 0.3 is 0 Å². The third kappa shape index (κ3) is 3.50. The monoisotopic (exact) mass is 324 g/mol. The molecule has 0 bridgehead atoms. The van der Waals surface area contributed by atoms with Crippen molar-refractivity contribution in [2.45, 2.75) is 39.2 Å². The largest absolute Gasteiger partial charge is 0.378 e. The SMILES string of the molecule is CC(C)(C)Cc1ncc(C(=O)N2CCOC3(CCOC3)C2)s1. The quantitative estimate of drug-likeness (QED) is 0.838. The second kappa shape index (κ2) is 5.91. The molecule has 1 spiro atoms. The highest BCUT2D eigenvalue weighted by Crippen LogP contribution is 2.29. The molecule has 2 aliphatic heterocycles. The van der Waals surface area contributed by atoms with Crippen LogP contribution < -0.4 is 0 Å². The predicted molar refractivity (Wildman–Crippen MR) is 85.3 cm³/mol. The van der Waals surface area contributed by atoms with Crippen LogP contribution in [0.1, 0.15) is 41.9 Å². The van der Waals surface area contributed by atoms with Crippen molar-refractivity contribution in [3.05, 3.63) is 16.1 Å². The number of ether oxygens (including phenoxy) is 2. The first-order chi connectivity index (χ1) is 10.4. The smallest absolute Gasteiger partial charge is 0.265 e. The molecule has 6 heteroatoms. The lowest BCUT2D eigenvalue weighted by molar-refractivity contribution is -0.0994. The number of carbonyl (C=O) groups excluding carboxylic acids is 1. The van der Waals surface area contributed by atoms with Gasteiger partial charge in [0.25, 0.3) is 5.91 Å². The predicted octanol–water partition coefficient (Wildman–Crippen LogP) is 2.36. The van der Waals surface area contributed by atoms with Gasteiger partial charge in [-0.15, -0.1) is 11.3 Å². The lowest BCUT2D eigenvalue weighted by atomic mass is 9.93. The third-order valence-corrected chi connectivity index (χ3v) is 5.03. The zero-order valence-electron chi connectivity index (χ0n) is 13.6. The van der Waals surface area contributed by atoms with Gasteiger partial charge in [0, 0.05) is 26.0 Å². The first-order valence-electron chi connectivity index (χ1n) is 7.83. The summed E-state index contributed by atoms with van der Waals surface area (Å²) in [6.45, 7) is 9.71. The van der Waals surface area contributed by atoms with E-state index < -0.39 is 0 Å². The molecule has 2 aliphatic rings. The second-order valence-electron chi connectivity index (χ2n) is 7.42. The van der Waals surface area contributed by atoms with Crippen molar-refractivity contribution in [3.8, 4) is 0 Å². The minimum Gasteiger partial charge on any atom is -0.378 e. The summed E-state index contributed by atoms with van der Waals surface area (Å²) in [5.41, 5.74) is -0.102. The zero-order valence-corrected chi connectivity index (χ0v) is 14.4. The molecule has 2 saturated heterocycles. The fourth-order valence-electron chi connectivity index (χ4n) is 2.95. The highest BCUT2D eigenvalue weighted by Gasteiger charge is 2.42. The molecule has 1 unspecified atom stereocenters. The van der Waals surface area contributed by atoms with Crippen molar-refractivity contribution in [2.24, 2.45) is 5.41 Å². The number of aromatic nitrogens is 1. The number of nitrogens with zero attached hydrogens (tertiary/aromatic N) is 2. The fraction of sp³-hybridized carbons (Fsp3) is 0.750. The number of thiazole rings is 1. The maximum Gasteiger partial charge on any atom is 0.265 e. The molecule has 3 heterocycles. The first-order valence-corrected chi connectivity index (χ1v) is 8.64. The van der Waals surface area contributed by atoms with Crippen LogP contribution in [0, 0.1) is 5.41 Å². The molecule has 0 radical (unpaired) electrons. The number of morpholine rings is 1. The van der Waals surface area contributed by atoms with Crippen LogP contribution in [0.25, 0.3) is 0 Å². The van der Waals surface area contributed by atoms with Crippen molar-refractivity contribution < 1.29 is 14.3 Å². The number of rotatable bonds is 2. The van der Waals surface area contributed by atoms with Gasteiger partial charge in [0.05, 0.1) is 31.0 Å². The molecule has 122 valence electrons. The van der Waals surface area contributed by atoms with E-state index in [1.807, 2.05) is 4.90 Å². The van der Waals surface area contributed by atoms with E-state index in [9.17, 15) is 4.79 Å². The second-order valence-corrected chi connectivity index (χ2v) is 8.53. The van der Waals surface area contributed by atoms with Crippen molar-refractivity contribution in [1.82, 2.24) is 9.88 Å².